The van der Waals surface area contributed by atoms with E-state index in [1.54, 1.807) is 6.07 Å². The van der Waals surface area contributed by atoms with Crippen molar-refractivity contribution in [1.29, 1.82) is 0 Å². The molecule has 0 atom stereocenters. The molecule has 0 saturated heterocycles. The minimum Gasteiger partial charge on any atom is -0.322 e. The summed E-state index contributed by atoms with van der Waals surface area (Å²) in [4.78, 5) is 15.5. The van der Waals surface area contributed by atoms with E-state index >= 15 is 0 Å². The van der Waals surface area contributed by atoms with Gasteiger partial charge in [-0.25, -0.2) is 4.39 Å². The zero-order chi connectivity index (χ0) is 13.0. The van der Waals surface area contributed by atoms with E-state index in [2.05, 4.69) is 10.3 Å². The van der Waals surface area contributed by atoms with E-state index < -0.39 is 11.7 Å². The van der Waals surface area contributed by atoms with E-state index in [9.17, 15) is 9.18 Å². The van der Waals surface area contributed by atoms with Gasteiger partial charge in [0.25, 0.3) is 5.91 Å². The average molecular weight is 244 g/mol. The summed E-state index contributed by atoms with van der Waals surface area (Å²) in [6.07, 6.45) is 3.30. The predicted octanol–water partition coefficient (Wildman–Crippen LogP) is 3.04. The van der Waals surface area contributed by atoms with Crippen molar-refractivity contribution < 1.29 is 9.18 Å². The largest absolute Gasteiger partial charge is 0.322 e. The van der Waals surface area contributed by atoms with Gasteiger partial charge in [0.05, 0.1) is 11.8 Å². The van der Waals surface area contributed by atoms with E-state index in [0.717, 1.165) is 18.2 Å². The van der Waals surface area contributed by atoms with E-state index in [0.29, 0.717) is 5.69 Å². The lowest BCUT2D eigenvalue weighted by molar-refractivity contribution is 0.102. The number of anilines is 1. The first-order valence-electron chi connectivity index (χ1n) is 5.70. The number of aryl methyl sites for hydroxylation is 1. The molecule has 1 aromatic heterocycles. The van der Waals surface area contributed by atoms with Crippen LogP contribution in [0, 0.1) is 5.82 Å². The molecule has 1 amide bonds. The molecule has 18 heavy (non-hydrogen) atoms. The van der Waals surface area contributed by atoms with Gasteiger partial charge in [0.2, 0.25) is 0 Å². The minimum absolute atomic E-state index is 0.00750. The number of carbonyl (C=O) groups excluding carboxylic acids is 1. The van der Waals surface area contributed by atoms with Crippen LogP contribution in [0.1, 0.15) is 22.8 Å². The molecule has 2 aromatic rings. The zero-order valence-corrected chi connectivity index (χ0v) is 9.98. The van der Waals surface area contributed by atoms with Gasteiger partial charge >= 0.3 is 0 Å². The van der Waals surface area contributed by atoms with E-state index in [-0.39, 0.29) is 5.56 Å². The van der Waals surface area contributed by atoms with E-state index in [4.69, 9.17) is 0 Å². The molecule has 1 N–H and O–H groups in total. The number of hydrogen-bond donors (Lipinski definition) is 1. The van der Waals surface area contributed by atoms with Crippen LogP contribution in [0.4, 0.5) is 10.1 Å². The summed E-state index contributed by atoms with van der Waals surface area (Å²) in [5.74, 6) is -1.09. The quantitative estimate of drug-likeness (QED) is 0.901. The lowest BCUT2D eigenvalue weighted by Crippen LogP contribution is -2.14. The molecular formula is C14H13FN2O. The highest BCUT2D eigenvalue weighted by Gasteiger charge is 2.11. The third-order valence-electron chi connectivity index (χ3n) is 2.61. The second-order valence-corrected chi connectivity index (χ2v) is 3.86. The molecule has 0 radical (unpaired) electrons. The Morgan fingerprint density at radius 3 is 2.94 bits per heavy atom. The maximum absolute atomic E-state index is 13.4. The zero-order valence-electron chi connectivity index (χ0n) is 9.98. The van der Waals surface area contributed by atoms with Gasteiger partial charge < -0.3 is 5.32 Å². The van der Waals surface area contributed by atoms with Crippen molar-refractivity contribution in [2.75, 3.05) is 5.32 Å². The number of aromatic nitrogens is 1. The Morgan fingerprint density at radius 2 is 2.22 bits per heavy atom. The number of hydrogen-bond acceptors (Lipinski definition) is 2. The number of nitrogens with zero attached hydrogens (tertiary/aromatic N) is 1. The fourth-order valence-corrected chi connectivity index (χ4v) is 1.63. The SMILES string of the molecule is CCc1cccc(NC(=O)c2ccncc2F)c1. The van der Waals surface area contributed by atoms with Crippen LogP contribution in [0.2, 0.25) is 0 Å². The predicted molar refractivity (Wildman–Crippen MR) is 68.0 cm³/mol. The Hall–Kier alpha value is -2.23. The Labute approximate surface area is 105 Å². The molecule has 0 aliphatic rings. The van der Waals surface area contributed by atoms with Crippen LogP contribution in [0.3, 0.4) is 0 Å². The molecular weight excluding hydrogens is 231 g/mol. The molecule has 0 bridgehead atoms. The topological polar surface area (TPSA) is 42.0 Å². The van der Waals surface area contributed by atoms with Crippen molar-refractivity contribution in [2.45, 2.75) is 13.3 Å². The summed E-state index contributed by atoms with van der Waals surface area (Å²) >= 11 is 0. The lowest BCUT2D eigenvalue weighted by Gasteiger charge is -2.07. The number of benzene rings is 1. The molecule has 1 heterocycles. The normalized spacial score (nSPS) is 10.1. The average Bonchev–Trinajstić information content (AvgIpc) is 2.39. The molecule has 0 aliphatic heterocycles. The number of carbonyl (C=O) groups is 1. The highest BCUT2D eigenvalue weighted by molar-refractivity contribution is 6.04. The van der Waals surface area contributed by atoms with Gasteiger partial charge in [-0.1, -0.05) is 19.1 Å². The summed E-state index contributed by atoms with van der Waals surface area (Å²) in [6, 6.07) is 8.83. The molecule has 0 fully saturated rings. The molecule has 0 unspecified atom stereocenters. The summed E-state index contributed by atoms with van der Waals surface area (Å²) < 4.78 is 13.4. The molecule has 0 spiro atoms. The molecule has 0 saturated carbocycles. The summed E-state index contributed by atoms with van der Waals surface area (Å²) in [6.45, 7) is 2.03. The molecule has 3 nitrogen and oxygen atoms in total. The van der Waals surface area contributed by atoms with Crippen LogP contribution in [0.5, 0.6) is 0 Å². The maximum Gasteiger partial charge on any atom is 0.258 e. The Balaban J connectivity index is 2.19. The first-order chi connectivity index (χ1) is 8.70. The monoisotopic (exact) mass is 244 g/mol. The van der Waals surface area contributed by atoms with Gasteiger partial charge in [0, 0.05) is 11.9 Å². The van der Waals surface area contributed by atoms with Gasteiger partial charge in [0.15, 0.2) is 5.82 Å². The van der Waals surface area contributed by atoms with E-state index in [1.807, 2.05) is 25.1 Å². The standard InChI is InChI=1S/C14H13FN2O/c1-2-10-4-3-5-11(8-10)17-14(18)12-6-7-16-9-13(12)15/h3-9H,2H2,1H3,(H,17,18). The highest BCUT2D eigenvalue weighted by Crippen LogP contribution is 2.13. The van der Waals surface area contributed by atoms with E-state index in [1.165, 1.54) is 12.3 Å². The van der Waals surface area contributed by atoms with Crippen molar-refractivity contribution in [2.24, 2.45) is 0 Å². The Bertz CT molecular complexity index is 569. The third-order valence-corrected chi connectivity index (χ3v) is 2.61. The van der Waals surface area contributed by atoms with Crippen LogP contribution >= 0.6 is 0 Å². The molecule has 1 aromatic carbocycles. The van der Waals surface area contributed by atoms with Crippen LogP contribution in [0.15, 0.2) is 42.7 Å². The summed E-state index contributed by atoms with van der Waals surface area (Å²) in [5, 5.41) is 2.67. The van der Waals surface area contributed by atoms with Crippen molar-refractivity contribution in [1.82, 2.24) is 4.98 Å². The lowest BCUT2D eigenvalue weighted by atomic mass is 10.1. The Morgan fingerprint density at radius 1 is 1.39 bits per heavy atom. The van der Waals surface area contributed by atoms with Crippen molar-refractivity contribution in [3.05, 3.63) is 59.7 Å². The molecule has 4 heteroatoms. The van der Waals surface area contributed by atoms with Crippen LogP contribution in [0.25, 0.3) is 0 Å². The van der Waals surface area contributed by atoms with Crippen molar-refractivity contribution >= 4 is 11.6 Å². The minimum atomic E-state index is -0.623. The number of nitrogens with one attached hydrogen (secondary N) is 1. The van der Waals surface area contributed by atoms with Crippen LogP contribution in [-0.4, -0.2) is 10.9 Å². The van der Waals surface area contributed by atoms with Crippen LogP contribution < -0.4 is 5.32 Å². The highest BCUT2D eigenvalue weighted by atomic mass is 19.1. The maximum atomic E-state index is 13.4. The third kappa shape index (κ3) is 2.71. The van der Waals surface area contributed by atoms with Gasteiger partial charge in [-0.15, -0.1) is 0 Å². The van der Waals surface area contributed by atoms with Gasteiger partial charge in [-0.3, -0.25) is 9.78 Å². The molecule has 0 aliphatic carbocycles. The smallest absolute Gasteiger partial charge is 0.258 e. The fraction of sp³-hybridized carbons (Fsp3) is 0.143. The summed E-state index contributed by atoms with van der Waals surface area (Å²) in [5.41, 5.74) is 1.77. The van der Waals surface area contributed by atoms with Gasteiger partial charge in [-0.05, 0) is 30.2 Å². The summed E-state index contributed by atoms with van der Waals surface area (Å²) in [7, 11) is 0. The van der Waals surface area contributed by atoms with Crippen LogP contribution in [-0.2, 0) is 6.42 Å². The number of halogens is 1. The van der Waals surface area contributed by atoms with Crippen molar-refractivity contribution in [3.8, 4) is 0 Å². The second kappa shape index (κ2) is 5.40. The molecule has 2 rings (SSSR count). The first-order valence-corrected chi connectivity index (χ1v) is 5.70. The number of rotatable bonds is 3. The molecule has 92 valence electrons. The Kier molecular flexibility index (Phi) is 3.67. The van der Waals surface area contributed by atoms with Gasteiger partial charge in [-0.2, -0.15) is 0 Å². The fourth-order valence-electron chi connectivity index (χ4n) is 1.63. The second-order valence-electron chi connectivity index (χ2n) is 3.86. The number of amides is 1. The first kappa shape index (κ1) is 12.2. The van der Waals surface area contributed by atoms with Gasteiger partial charge in [0.1, 0.15) is 0 Å². The number of pyridine rings is 1. The van der Waals surface area contributed by atoms with Crippen molar-refractivity contribution in [3.63, 3.8) is 0 Å².